The highest BCUT2D eigenvalue weighted by atomic mass is 32.1. The lowest BCUT2D eigenvalue weighted by molar-refractivity contribution is -0.163. The fourth-order valence-corrected chi connectivity index (χ4v) is 3.81. The van der Waals surface area contributed by atoms with Crippen LogP contribution in [0.2, 0.25) is 0 Å². The fraction of sp³-hybridized carbons (Fsp3) is 0.714. The second-order valence-electron chi connectivity index (χ2n) is 6.35. The van der Waals surface area contributed by atoms with Gasteiger partial charge in [0.15, 0.2) is 0 Å². The molecular formula is C14H21N3OS. The maximum atomic E-state index is 11.8. The van der Waals surface area contributed by atoms with Crippen molar-refractivity contribution in [3.05, 3.63) is 16.1 Å². The van der Waals surface area contributed by atoms with Crippen LogP contribution in [0.3, 0.4) is 0 Å². The minimum absolute atomic E-state index is 0.131. The van der Waals surface area contributed by atoms with E-state index in [0.29, 0.717) is 11.3 Å². The summed E-state index contributed by atoms with van der Waals surface area (Å²) in [4.78, 5) is 20.8. The van der Waals surface area contributed by atoms with Gasteiger partial charge >= 0.3 is 0 Å². The third-order valence-corrected chi connectivity index (χ3v) is 4.85. The fourth-order valence-electron chi connectivity index (χ4n) is 3.21. The number of hydrogen-bond acceptors (Lipinski definition) is 4. The van der Waals surface area contributed by atoms with Crippen LogP contribution in [0, 0.1) is 18.3 Å². The molecule has 2 fully saturated rings. The molecule has 0 aromatic carbocycles. The molecule has 0 aliphatic carbocycles. The molecule has 4 nitrogen and oxygen atoms in total. The minimum Gasteiger partial charge on any atom is -0.341 e. The van der Waals surface area contributed by atoms with Gasteiger partial charge in [-0.2, -0.15) is 0 Å². The van der Waals surface area contributed by atoms with Gasteiger partial charge in [-0.25, -0.2) is 4.98 Å². The molecule has 2 aliphatic heterocycles. The number of carbonyl (C=O) groups excluding carboxylic acids is 1. The summed E-state index contributed by atoms with van der Waals surface area (Å²) in [5.41, 5.74) is 1.59. The number of aromatic nitrogens is 1. The van der Waals surface area contributed by atoms with Crippen molar-refractivity contribution < 1.29 is 4.79 Å². The summed E-state index contributed by atoms with van der Waals surface area (Å²) in [7, 11) is 0. The number of aryl methyl sites for hydroxylation is 1. The van der Waals surface area contributed by atoms with Crippen LogP contribution in [-0.2, 0) is 11.3 Å². The zero-order valence-electron chi connectivity index (χ0n) is 11.8. The van der Waals surface area contributed by atoms with Crippen LogP contribution in [0.15, 0.2) is 5.38 Å². The van der Waals surface area contributed by atoms with Gasteiger partial charge in [-0.05, 0) is 6.92 Å². The molecule has 1 spiro atoms. The number of thiazole rings is 1. The topological polar surface area (TPSA) is 36.4 Å². The molecule has 1 aromatic rings. The van der Waals surface area contributed by atoms with E-state index in [-0.39, 0.29) is 5.92 Å². The van der Waals surface area contributed by atoms with Crippen LogP contribution in [0.25, 0.3) is 0 Å². The van der Waals surface area contributed by atoms with E-state index in [1.165, 1.54) is 5.69 Å². The molecule has 2 aliphatic rings. The van der Waals surface area contributed by atoms with Crippen molar-refractivity contribution in [2.45, 2.75) is 27.3 Å². The predicted molar refractivity (Wildman–Crippen MR) is 76.0 cm³/mol. The van der Waals surface area contributed by atoms with Crippen molar-refractivity contribution in [2.24, 2.45) is 11.3 Å². The van der Waals surface area contributed by atoms with Crippen LogP contribution in [0.4, 0.5) is 0 Å². The van der Waals surface area contributed by atoms with Crippen LogP contribution in [0.1, 0.15) is 24.5 Å². The number of hydrogen-bond donors (Lipinski definition) is 0. The van der Waals surface area contributed by atoms with E-state index in [0.717, 1.165) is 37.7 Å². The lowest BCUT2D eigenvalue weighted by Crippen LogP contribution is -2.72. The van der Waals surface area contributed by atoms with Crippen LogP contribution < -0.4 is 0 Å². The van der Waals surface area contributed by atoms with E-state index in [2.05, 4.69) is 15.3 Å². The SMILES string of the molecule is Cc1nc(CN2CC3(C2)CN(C(=O)C(C)C)C3)cs1. The van der Waals surface area contributed by atoms with Crippen LogP contribution in [0.5, 0.6) is 0 Å². The first-order chi connectivity index (χ1) is 8.97. The molecule has 0 unspecified atom stereocenters. The van der Waals surface area contributed by atoms with E-state index < -0.39 is 0 Å². The molecule has 0 N–H and O–H groups in total. The summed E-state index contributed by atoms with van der Waals surface area (Å²) in [6, 6.07) is 0. The van der Waals surface area contributed by atoms with E-state index in [1.54, 1.807) is 11.3 Å². The summed E-state index contributed by atoms with van der Waals surface area (Å²) in [6.07, 6.45) is 0. The third kappa shape index (κ3) is 2.41. The zero-order valence-corrected chi connectivity index (χ0v) is 12.7. The van der Waals surface area contributed by atoms with E-state index >= 15 is 0 Å². The Kier molecular flexibility index (Phi) is 3.14. The number of likely N-dealkylation sites (tertiary alicyclic amines) is 2. The van der Waals surface area contributed by atoms with E-state index in [1.807, 2.05) is 25.7 Å². The largest absolute Gasteiger partial charge is 0.341 e. The lowest BCUT2D eigenvalue weighted by Gasteiger charge is -2.60. The molecule has 104 valence electrons. The Morgan fingerprint density at radius 2 is 2.11 bits per heavy atom. The Balaban J connectivity index is 1.46. The summed E-state index contributed by atoms with van der Waals surface area (Å²) < 4.78 is 0. The molecule has 0 atom stereocenters. The van der Waals surface area contributed by atoms with Crippen LogP contribution in [-0.4, -0.2) is 46.9 Å². The summed E-state index contributed by atoms with van der Waals surface area (Å²) in [6.45, 7) is 11.1. The molecule has 1 aromatic heterocycles. The number of amides is 1. The lowest BCUT2D eigenvalue weighted by atomic mass is 9.72. The number of nitrogens with zero attached hydrogens (tertiary/aromatic N) is 3. The Morgan fingerprint density at radius 3 is 2.63 bits per heavy atom. The van der Waals surface area contributed by atoms with Crippen molar-refractivity contribution in [1.82, 2.24) is 14.8 Å². The first-order valence-electron chi connectivity index (χ1n) is 6.90. The molecule has 0 bridgehead atoms. The smallest absolute Gasteiger partial charge is 0.225 e. The molecule has 19 heavy (non-hydrogen) atoms. The van der Waals surface area contributed by atoms with Crippen LogP contribution >= 0.6 is 11.3 Å². The van der Waals surface area contributed by atoms with Gasteiger partial charge in [-0.15, -0.1) is 11.3 Å². The Labute approximate surface area is 118 Å². The monoisotopic (exact) mass is 279 g/mol. The average Bonchev–Trinajstić information content (AvgIpc) is 2.64. The Bertz CT molecular complexity index is 483. The normalized spacial score (nSPS) is 21.6. The molecule has 5 heteroatoms. The van der Waals surface area contributed by atoms with Gasteiger partial charge in [0.05, 0.1) is 10.7 Å². The first kappa shape index (κ1) is 13.1. The Morgan fingerprint density at radius 1 is 1.42 bits per heavy atom. The molecule has 2 saturated heterocycles. The van der Waals surface area contributed by atoms with Gasteiger partial charge in [-0.1, -0.05) is 13.8 Å². The minimum atomic E-state index is 0.131. The van der Waals surface area contributed by atoms with E-state index in [9.17, 15) is 4.79 Å². The predicted octanol–water partition coefficient (Wildman–Crippen LogP) is 1.75. The van der Waals surface area contributed by atoms with Gasteiger partial charge in [0, 0.05) is 49.4 Å². The maximum Gasteiger partial charge on any atom is 0.225 e. The highest BCUT2D eigenvalue weighted by molar-refractivity contribution is 7.09. The van der Waals surface area contributed by atoms with Crippen molar-refractivity contribution in [3.63, 3.8) is 0 Å². The second-order valence-corrected chi connectivity index (χ2v) is 7.41. The molecule has 3 heterocycles. The highest BCUT2D eigenvalue weighted by Gasteiger charge is 2.52. The van der Waals surface area contributed by atoms with E-state index in [4.69, 9.17) is 0 Å². The summed E-state index contributed by atoms with van der Waals surface area (Å²) >= 11 is 1.72. The summed E-state index contributed by atoms with van der Waals surface area (Å²) in [5, 5.41) is 3.29. The zero-order chi connectivity index (χ0) is 13.6. The van der Waals surface area contributed by atoms with Crippen molar-refractivity contribution in [3.8, 4) is 0 Å². The summed E-state index contributed by atoms with van der Waals surface area (Å²) in [5.74, 6) is 0.436. The molecule has 1 amide bonds. The molecular weight excluding hydrogens is 258 g/mol. The van der Waals surface area contributed by atoms with Crippen molar-refractivity contribution in [2.75, 3.05) is 26.2 Å². The van der Waals surface area contributed by atoms with Crippen molar-refractivity contribution in [1.29, 1.82) is 0 Å². The van der Waals surface area contributed by atoms with Gasteiger partial charge in [-0.3, -0.25) is 9.69 Å². The Hall–Kier alpha value is -0.940. The average molecular weight is 279 g/mol. The second kappa shape index (κ2) is 4.56. The molecule has 0 radical (unpaired) electrons. The van der Waals surface area contributed by atoms with Gasteiger partial charge in [0.2, 0.25) is 5.91 Å². The highest BCUT2D eigenvalue weighted by Crippen LogP contribution is 2.40. The number of rotatable bonds is 3. The molecule has 3 rings (SSSR count). The third-order valence-electron chi connectivity index (χ3n) is 4.03. The quantitative estimate of drug-likeness (QED) is 0.846. The van der Waals surface area contributed by atoms with Crippen molar-refractivity contribution >= 4 is 17.2 Å². The first-order valence-corrected chi connectivity index (χ1v) is 7.78. The van der Waals surface area contributed by atoms with Gasteiger partial charge in [0.25, 0.3) is 0 Å². The van der Waals surface area contributed by atoms with Gasteiger partial charge < -0.3 is 4.90 Å². The molecule has 0 saturated carbocycles. The maximum absolute atomic E-state index is 11.8. The van der Waals surface area contributed by atoms with Gasteiger partial charge in [0.1, 0.15) is 0 Å². The standard InChI is InChI=1S/C14H21N3OS/c1-10(2)13(18)17-8-14(9-17)6-16(7-14)4-12-5-19-11(3)15-12/h5,10H,4,6-9H2,1-3H3. The number of carbonyl (C=O) groups is 1.